The lowest BCUT2D eigenvalue weighted by atomic mass is 10.1. The molecule has 0 saturated heterocycles. The molecule has 0 spiro atoms. The molecule has 0 amide bonds. The van der Waals surface area contributed by atoms with Gasteiger partial charge in [-0.2, -0.15) is 0 Å². The fourth-order valence-corrected chi connectivity index (χ4v) is 3.19. The summed E-state index contributed by atoms with van der Waals surface area (Å²) < 4.78 is 2.76. The third-order valence-corrected chi connectivity index (χ3v) is 4.21. The molecule has 0 aliphatic heterocycles. The third-order valence-electron chi connectivity index (χ3n) is 2.23. The van der Waals surface area contributed by atoms with Crippen molar-refractivity contribution in [3.05, 3.63) is 32.7 Å². The zero-order valence-electron chi connectivity index (χ0n) is 8.72. The van der Waals surface area contributed by atoms with Crippen molar-refractivity contribution in [3.8, 4) is 0 Å². The van der Waals surface area contributed by atoms with Crippen LogP contribution in [0.15, 0.2) is 22.1 Å². The van der Waals surface area contributed by atoms with E-state index < -0.39 is 0 Å². The minimum Gasteiger partial charge on any atom is -0.271 e. The lowest BCUT2D eigenvalue weighted by molar-refractivity contribution is 0.552. The van der Waals surface area contributed by atoms with E-state index in [2.05, 4.69) is 31.7 Å². The van der Waals surface area contributed by atoms with Gasteiger partial charge in [0.2, 0.25) is 0 Å². The predicted octanol–water partition coefficient (Wildman–Crippen LogP) is 1.39. The summed E-state index contributed by atoms with van der Waals surface area (Å²) in [6.45, 7) is 0. The maximum absolute atomic E-state index is 5.57. The second-order valence-corrected chi connectivity index (χ2v) is 5.24. The van der Waals surface area contributed by atoms with Crippen LogP contribution < -0.4 is 11.3 Å². The Morgan fingerprint density at radius 2 is 2.50 bits per heavy atom. The normalized spacial score (nSPS) is 12.9. The van der Waals surface area contributed by atoms with Crippen LogP contribution in [0.25, 0.3) is 0 Å². The summed E-state index contributed by atoms with van der Waals surface area (Å²) in [4.78, 5) is 1.17. The lowest BCUT2D eigenvalue weighted by Crippen LogP contribution is -2.29. The van der Waals surface area contributed by atoms with E-state index in [9.17, 15) is 0 Å². The van der Waals surface area contributed by atoms with Gasteiger partial charge in [0.25, 0.3) is 0 Å². The number of aryl methyl sites for hydroxylation is 1. The molecule has 2 aromatic rings. The Morgan fingerprint density at radius 1 is 1.69 bits per heavy atom. The van der Waals surface area contributed by atoms with Gasteiger partial charge in [0.05, 0.1) is 11.7 Å². The van der Waals surface area contributed by atoms with Crippen molar-refractivity contribution >= 4 is 27.3 Å². The minimum absolute atomic E-state index is 0.0612. The highest BCUT2D eigenvalue weighted by atomic mass is 79.9. The Morgan fingerprint density at radius 3 is 3.00 bits per heavy atom. The summed E-state index contributed by atoms with van der Waals surface area (Å²) in [6.07, 6.45) is 2.62. The molecular weight excluding hydrogens is 290 g/mol. The van der Waals surface area contributed by atoms with E-state index in [0.29, 0.717) is 0 Å². The average Bonchev–Trinajstić information content (AvgIpc) is 2.84. The molecule has 0 aromatic carbocycles. The van der Waals surface area contributed by atoms with Crippen molar-refractivity contribution in [3.63, 3.8) is 0 Å². The molecule has 86 valence electrons. The van der Waals surface area contributed by atoms with Crippen LogP contribution in [0.5, 0.6) is 0 Å². The molecule has 1 unspecified atom stereocenters. The monoisotopic (exact) mass is 301 g/mol. The molecule has 0 aliphatic rings. The van der Waals surface area contributed by atoms with E-state index in [1.165, 1.54) is 4.88 Å². The van der Waals surface area contributed by atoms with Gasteiger partial charge >= 0.3 is 0 Å². The Hall–Kier alpha value is -0.760. The summed E-state index contributed by atoms with van der Waals surface area (Å²) in [7, 11) is 1.85. The number of hydrogen-bond acceptors (Lipinski definition) is 5. The Kier molecular flexibility index (Phi) is 3.70. The number of hydrogen-bond donors (Lipinski definition) is 2. The van der Waals surface area contributed by atoms with Crippen LogP contribution in [0.4, 0.5) is 0 Å². The van der Waals surface area contributed by atoms with Gasteiger partial charge in [-0.1, -0.05) is 5.21 Å². The van der Waals surface area contributed by atoms with Gasteiger partial charge in [-0.3, -0.25) is 16.0 Å². The van der Waals surface area contributed by atoms with Gasteiger partial charge in [-0.15, -0.1) is 16.4 Å². The second kappa shape index (κ2) is 5.05. The van der Waals surface area contributed by atoms with E-state index in [1.54, 1.807) is 16.0 Å². The zero-order chi connectivity index (χ0) is 11.5. The van der Waals surface area contributed by atoms with Gasteiger partial charge < -0.3 is 0 Å². The minimum atomic E-state index is 0.0612. The van der Waals surface area contributed by atoms with Crippen molar-refractivity contribution in [2.24, 2.45) is 12.9 Å². The van der Waals surface area contributed by atoms with Crippen molar-refractivity contribution in [2.75, 3.05) is 0 Å². The quantitative estimate of drug-likeness (QED) is 0.661. The second-order valence-electron chi connectivity index (χ2n) is 3.44. The van der Waals surface area contributed by atoms with Crippen LogP contribution in [-0.2, 0) is 13.5 Å². The summed E-state index contributed by atoms with van der Waals surface area (Å²) in [5, 5.41) is 9.98. The number of hydrazine groups is 1. The molecule has 3 N–H and O–H groups in total. The number of nitrogens with two attached hydrogens (primary N) is 1. The molecule has 2 heterocycles. The maximum Gasteiger partial charge on any atom is 0.0846 e. The van der Waals surface area contributed by atoms with Gasteiger partial charge in [-0.25, -0.2) is 0 Å². The van der Waals surface area contributed by atoms with E-state index in [4.69, 9.17) is 5.84 Å². The summed E-state index contributed by atoms with van der Waals surface area (Å²) in [5.41, 5.74) is 3.73. The fraction of sp³-hybridized carbons (Fsp3) is 0.333. The van der Waals surface area contributed by atoms with Gasteiger partial charge in [-0.05, 0) is 27.4 Å². The van der Waals surface area contributed by atoms with Crippen LogP contribution >= 0.6 is 27.3 Å². The van der Waals surface area contributed by atoms with Crippen molar-refractivity contribution in [1.82, 2.24) is 20.4 Å². The smallest absolute Gasteiger partial charge is 0.0846 e. The average molecular weight is 302 g/mol. The molecule has 0 saturated carbocycles. The Labute approximate surface area is 106 Å². The van der Waals surface area contributed by atoms with Crippen molar-refractivity contribution in [1.29, 1.82) is 0 Å². The van der Waals surface area contributed by atoms with E-state index >= 15 is 0 Å². The largest absolute Gasteiger partial charge is 0.271 e. The first-order valence-electron chi connectivity index (χ1n) is 4.75. The third kappa shape index (κ3) is 2.49. The highest BCUT2D eigenvalue weighted by molar-refractivity contribution is 9.10. The first-order chi connectivity index (χ1) is 7.70. The molecule has 16 heavy (non-hydrogen) atoms. The van der Waals surface area contributed by atoms with E-state index in [1.807, 2.05) is 24.7 Å². The summed E-state index contributed by atoms with van der Waals surface area (Å²) in [6, 6.07) is 2.08. The highest BCUT2D eigenvalue weighted by Gasteiger charge is 2.16. The van der Waals surface area contributed by atoms with Gasteiger partial charge in [0.15, 0.2) is 0 Å². The van der Waals surface area contributed by atoms with Crippen LogP contribution in [0, 0.1) is 0 Å². The number of rotatable bonds is 4. The first kappa shape index (κ1) is 11.7. The molecule has 7 heteroatoms. The number of halogens is 1. The lowest BCUT2D eigenvalue weighted by Gasteiger charge is -2.13. The number of thiophene rings is 1. The molecule has 0 radical (unpaired) electrons. The van der Waals surface area contributed by atoms with Crippen molar-refractivity contribution in [2.45, 2.75) is 12.5 Å². The van der Waals surface area contributed by atoms with Crippen LogP contribution in [0.3, 0.4) is 0 Å². The predicted molar refractivity (Wildman–Crippen MR) is 66.8 cm³/mol. The maximum atomic E-state index is 5.57. The SMILES string of the molecule is Cn1cc(CC(NN)c2sccc2Br)nn1. The molecule has 1 atom stereocenters. The van der Waals surface area contributed by atoms with Crippen LogP contribution in [0.2, 0.25) is 0 Å². The molecule has 0 aliphatic carbocycles. The van der Waals surface area contributed by atoms with Gasteiger partial charge in [0.1, 0.15) is 0 Å². The summed E-state index contributed by atoms with van der Waals surface area (Å²) in [5.74, 6) is 5.57. The Balaban J connectivity index is 2.15. The zero-order valence-corrected chi connectivity index (χ0v) is 11.1. The number of aromatic nitrogens is 3. The first-order valence-corrected chi connectivity index (χ1v) is 6.42. The standard InChI is InChI=1S/C9H12BrN5S/c1-15-5-6(13-14-15)4-8(12-11)9-7(10)2-3-16-9/h2-3,5,8,12H,4,11H2,1H3. The Bertz CT molecular complexity index is 466. The molecule has 2 aromatic heterocycles. The van der Waals surface area contributed by atoms with Gasteiger partial charge in [0, 0.05) is 29.0 Å². The summed E-state index contributed by atoms with van der Waals surface area (Å²) >= 11 is 5.16. The number of nitrogens with one attached hydrogen (secondary N) is 1. The molecular formula is C9H12BrN5S. The fourth-order valence-electron chi connectivity index (χ4n) is 1.48. The van der Waals surface area contributed by atoms with E-state index in [-0.39, 0.29) is 6.04 Å². The molecule has 5 nitrogen and oxygen atoms in total. The van der Waals surface area contributed by atoms with Crippen LogP contribution in [0.1, 0.15) is 16.6 Å². The molecule has 2 rings (SSSR count). The molecule has 0 bridgehead atoms. The topological polar surface area (TPSA) is 68.8 Å². The highest BCUT2D eigenvalue weighted by Crippen LogP contribution is 2.30. The van der Waals surface area contributed by atoms with Crippen molar-refractivity contribution < 1.29 is 0 Å². The number of nitrogens with zero attached hydrogens (tertiary/aromatic N) is 3. The van der Waals surface area contributed by atoms with Crippen LogP contribution in [-0.4, -0.2) is 15.0 Å². The molecule has 0 fully saturated rings. The van der Waals surface area contributed by atoms with E-state index in [0.717, 1.165) is 16.6 Å².